The van der Waals surface area contributed by atoms with Crippen LogP contribution in [-0.2, 0) is 4.74 Å². The van der Waals surface area contributed by atoms with Crippen LogP contribution in [0.25, 0.3) is 0 Å². The highest BCUT2D eigenvalue weighted by atomic mass is 28.3. The highest BCUT2D eigenvalue weighted by Crippen LogP contribution is 2.28. The van der Waals surface area contributed by atoms with Crippen LogP contribution in [0.1, 0.15) is 13.8 Å². The third kappa shape index (κ3) is 6.53. The summed E-state index contributed by atoms with van der Waals surface area (Å²) >= 11 is 0. The molecule has 2 N–H and O–H groups in total. The Labute approximate surface area is 154 Å². The quantitative estimate of drug-likeness (QED) is 0.331. The molecular formula is C19H35N3O2Si. The summed E-state index contributed by atoms with van der Waals surface area (Å²) in [6.07, 6.45) is 0. The normalized spacial score (nSPS) is 16.5. The van der Waals surface area contributed by atoms with E-state index in [1.165, 1.54) is 0 Å². The zero-order valence-electron chi connectivity index (χ0n) is 16.5. The number of hydrogen-bond acceptors (Lipinski definition) is 5. The molecule has 0 unspecified atom stereocenters. The van der Waals surface area contributed by atoms with Crippen molar-refractivity contribution in [3.05, 3.63) is 18.2 Å². The van der Waals surface area contributed by atoms with Crippen molar-refractivity contribution in [2.75, 3.05) is 50.2 Å². The number of nitrogens with two attached hydrogens (primary N) is 1. The van der Waals surface area contributed by atoms with Gasteiger partial charge in [-0.25, -0.2) is 0 Å². The van der Waals surface area contributed by atoms with Gasteiger partial charge in [0.05, 0.1) is 11.4 Å². The third-order valence-corrected chi connectivity index (χ3v) is 6.39. The number of anilines is 2. The van der Waals surface area contributed by atoms with Crippen LogP contribution in [0.3, 0.4) is 0 Å². The van der Waals surface area contributed by atoms with Gasteiger partial charge in [0.1, 0.15) is 5.75 Å². The van der Waals surface area contributed by atoms with Crippen molar-refractivity contribution in [3.63, 3.8) is 0 Å². The van der Waals surface area contributed by atoms with Crippen molar-refractivity contribution in [1.29, 1.82) is 0 Å². The van der Waals surface area contributed by atoms with Crippen LogP contribution in [0.2, 0.25) is 25.7 Å². The van der Waals surface area contributed by atoms with E-state index in [2.05, 4.69) is 49.4 Å². The Balaban J connectivity index is 1.80. The molecule has 0 aliphatic carbocycles. The average molecular weight is 366 g/mol. The smallest absolute Gasteiger partial charge is 0.189 e. The fourth-order valence-electron chi connectivity index (χ4n) is 2.94. The Morgan fingerprint density at radius 1 is 1.12 bits per heavy atom. The monoisotopic (exact) mass is 365 g/mol. The first-order chi connectivity index (χ1) is 11.8. The van der Waals surface area contributed by atoms with Crippen molar-refractivity contribution in [2.45, 2.75) is 45.6 Å². The summed E-state index contributed by atoms with van der Waals surface area (Å²) < 4.78 is 11.3. The van der Waals surface area contributed by atoms with E-state index in [0.29, 0.717) is 6.04 Å². The maximum absolute atomic E-state index is 6.26. The molecule has 0 spiro atoms. The first-order valence-corrected chi connectivity index (χ1v) is 13.1. The van der Waals surface area contributed by atoms with E-state index < -0.39 is 8.07 Å². The second-order valence-electron chi connectivity index (χ2n) is 8.32. The third-order valence-electron chi connectivity index (χ3n) is 4.69. The lowest BCUT2D eigenvalue weighted by molar-refractivity contribution is 0.0221. The SMILES string of the molecule is CC(C)N1CCN(c2ccc(OCOCC[Si](C)(C)C)cc2N)CC1. The standard InChI is InChI=1S/C19H35N3O2Si/c1-16(2)21-8-10-22(11-9-21)19-7-6-17(14-18(19)20)24-15-23-12-13-25(3,4)5/h6-7,14,16H,8-13,15,20H2,1-5H3. The molecule has 6 heteroatoms. The second kappa shape index (κ2) is 8.92. The molecule has 0 amide bonds. The van der Waals surface area contributed by atoms with E-state index in [1.807, 2.05) is 12.1 Å². The summed E-state index contributed by atoms with van der Waals surface area (Å²) in [6, 6.07) is 7.72. The Kier molecular flexibility index (Phi) is 7.16. The van der Waals surface area contributed by atoms with Gasteiger partial charge in [-0.05, 0) is 32.0 Å². The molecule has 1 fully saturated rings. The fraction of sp³-hybridized carbons (Fsp3) is 0.684. The summed E-state index contributed by atoms with van der Waals surface area (Å²) in [6.45, 7) is 16.8. The van der Waals surface area contributed by atoms with Gasteiger partial charge < -0.3 is 20.1 Å². The van der Waals surface area contributed by atoms with Crippen molar-refractivity contribution < 1.29 is 9.47 Å². The second-order valence-corrected chi connectivity index (χ2v) is 13.9. The summed E-state index contributed by atoms with van der Waals surface area (Å²) in [5.74, 6) is 0.773. The molecule has 142 valence electrons. The summed E-state index contributed by atoms with van der Waals surface area (Å²) in [4.78, 5) is 4.87. The molecule has 5 nitrogen and oxygen atoms in total. The molecular weight excluding hydrogens is 330 g/mol. The predicted octanol–water partition coefficient (Wildman–Crippen LogP) is 3.49. The van der Waals surface area contributed by atoms with Gasteiger partial charge in [0, 0.05) is 53.0 Å². The number of ether oxygens (including phenoxy) is 2. The van der Waals surface area contributed by atoms with Crippen LogP contribution in [0.5, 0.6) is 5.75 Å². The number of nitrogen functional groups attached to an aromatic ring is 1. The molecule has 1 heterocycles. The van der Waals surface area contributed by atoms with Gasteiger partial charge in [-0.2, -0.15) is 0 Å². The summed E-state index contributed by atoms with van der Waals surface area (Å²) in [5.41, 5.74) is 8.15. The van der Waals surface area contributed by atoms with Crippen LogP contribution in [0, 0.1) is 0 Å². The van der Waals surface area contributed by atoms with Gasteiger partial charge >= 0.3 is 0 Å². The van der Waals surface area contributed by atoms with Crippen LogP contribution in [-0.4, -0.2) is 58.6 Å². The van der Waals surface area contributed by atoms with E-state index in [1.54, 1.807) is 0 Å². The summed E-state index contributed by atoms with van der Waals surface area (Å²) in [7, 11) is -1.04. The Bertz CT molecular complexity index is 538. The van der Waals surface area contributed by atoms with Gasteiger partial charge in [0.25, 0.3) is 0 Å². The van der Waals surface area contributed by atoms with E-state index in [4.69, 9.17) is 15.2 Å². The van der Waals surface area contributed by atoms with E-state index in [0.717, 1.165) is 56.0 Å². The van der Waals surface area contributed by atoms with Gasteiger partial charge in [-0.3, -0.25) is 4.90 Å². The number of nitrogens with zero attached hydrogens (tertiary/aromatic N) is 2. The lowest BCUT2D eigenvalue weighted by Gasteiger charge is -2.38. The van der Waals surface area contributed by atoms with Crippen molar-refractivity contribution in [2.24, 2.45) is 0 Å². The zero-order valence-corrected chi connectivity index (χ0v) is 17.5. The fourth-order valence-corrected chi connectivity index (χ4v) is 3.69. The first kappa shape index (κ1) is 20.1. The number of piperazine rings is 1. The van der Waals surface area contributed by atoms with E-state index in [-0.39, 0.29) is 6.79 Å². The topological polar surface area (TPSA) is 51.0 Å². The lowest BCUT2D eigenvalue weighted by atomic mass is 10.2. The van der Waals surface area contributed by atoms with E-state index >= 15 is 0 Å². The van der Waals surface area contributed by atoms with Crippen LogP contribution < -0.4 is 15.4 Å². The number of rotatable bonds is 8. The molecule has 0 atom stereocenters. The molecule has 1 aliphatic rings. The van der Waals surface area contributed by atoms with Crippen LogP contribution in [0.4, 0.5) is 11.4 Å². The molecule has 1 aliphatic heterocycles. The van der Waals surface area contributed by atoms with Gasteiger partial charge in [-0.1, -0.05) is 19.6 Å². The Morgan fingerprint density at radius 3 is 2.36 bits per heavy atom. The predicted molar refractivity (Wildman–Crippen MR) is 109 cm³/mol. The van der Waals surface area contributed by atoms with Crippen LogP contribution >= 0.6 is 0 Å². The molecule has 1 aromatic rings. The van der Waals surface area contributed by atoms with Gasteiger partial charge in [0.2, 0.25) is 0 Å². The maximum Gasteiger partial charge on any atom is 0.189 e. The highest BCUT2D eigenvalue weighted by molar-refractivity contribution is 6.76. The molecule has 25 heavy (non-hydrogen) atoms. The summed E-state index contributed by atoms with van der Waals surface area (Å²) in [5, 5.41) is 0. The number of hydrogen-bond donors (Lipinski definition) is 1. The van der Waals surface area contributed by atoms with Gasteiger partial charge in [0.15, 0.2) is 6.79 Å². The minimum atomic E-state index is -1.04. The van der Waals surface area contributed by atoms with E-state index in [9.17, 15) is 0 Å². The molecule has 1 saturated heterocycles. The molecule has 2 rings (SSSR count). The van der Waals surface area contributed by atoms with Crippen molar-refractivity contribution in [3.8, 4) is 5.75 Å². The minimum Gasteiger partial charge on any atom is -0.467 e. The molecule has 0 aromatic heterocycles. The van der Waals surface area contributed by atoms with Crippen LogP contribution in [0.15, 0.2) is 18.2 Å². The molecule has 1 aromatic carbocycles. The molecule has 0 bridgehead atoms. The highest BCUT2D eigenvalue weighted by Gasteiger charge is 2.20. The zero-order chi connectivity index (χ0) is 18.4. The molecule has 0 saturated carbocycles. The minimum absolute atomic E-state index is 0.288. The van der Waals surface area contributed by atoms with Crippen molar-refractivity contribution >= 4 is 19.4 Å². The largest absolute Gasteiger partial charge is 0.467 e. The molecule has 0 radical (unpaired) electrons. The Hall–Kier alpha value is -1.24. The van der Waals surface area contributed by atoms with Crippen molar-refractivity contribution in [1.82, 2.24) is 4.90 Å². The maximum atomic E-state index is 6.26. The number of benzene rings is 1. The first-order valence-electron chi connectivity index (χ1n) is 9.35. The van der Waals surface area contributed by atoms with Gasteiger partial charge in [-0.15, -0.1) is 0 Å². The lowest BCUT2D eigenvalue weighted by Crippen LogP contribution is -2.49. The Morgan fingerprint density at radius 2 is 1.80 bits per heavy atom. The average Bonchev–Trinajstić information content (AvgIpc) is 2.54.